The lowest BCUT2D eigenvalue weighted by Crippen LogP contribution is -2.42. The first kappa shape index (κ1) is 14.5. The summed E-state index contributed by atoms with van der Waals surface area (Å²) in [6, 6.07) is 6.23. The van der Waals surface area contributed by atoms with Crippen molar-refractivity contribution in [3.8, 4) is 0 Å². The van der Waals surface area contributed by atoms with Gasteiger partial charge in [0.1, 0.15) is 0 Å². The maximum Gasteiger partial charge on any atom is 0.253 e. The Balaban J connectivity index is 2.04. The van der Waals surface area contributed by atoms with Crippen molar-refractivity contribution in [2.75, 3.05) is 13.6 Å². The van der Waals surface area contributed by atoms with Crippen LogP contribution in [0.5, 0.6) is 0 Å². The van der Waals surface area contributed by atoms with Gasteiger partial charge in [0, 0.05) is 24.7 Å². The lowest BCUT2D eigenvalue weighted by Gasteiger charge is -2.28. The van der Waals surface area contributed by atoms with Crippen LogP contribution in [0.25, 0.3) is 0 Å². The molecule has 0 heterocycles. The van der Waals surface area contributed by atoms with Crippen molar-refractivity contribution < 1.29 is 14.7 Å². The molecular formula is C15H20N2O3. The highest BCUT2D eigenvalue weighted by Crippen LogP contribution is 2.30. The summed E-state index contributed by atoms with van der Waals surface area (Å²) in [6.07, 6.45) is 3.49. The van der Waals surface area contributed by atoms with Crippen molar-refractivity contribution in [1.82, 2.24) is 4.90 Å². The van der Waals surface area contributed by atoms with Crippen LogP contribution in [0, 0.1) is 0 Å². The number of primary amides is 1. The molecule has 1 aliphatic rings. The number of aliphatic hydroxyl groups is 1. The molecule has 0 atom stereocenters. The van der Waals surface area contributed by atoms with E-state index in [2.05, 4.69) is 0 Å². The third-order valence-electron chi connectivity index (χ3n) is 3.83. The molecule has 0 aromatic heterocycles. The van der Waals surface area contributed by atoms with E-state index in [1.54, 1.807) is 19.2 Å². The summed E-state index contributed by atoms with van der Waals surface area (Å²) < 4.78 is 0. The first-order chi connectivity index (χ1) is 9.41. The summed E-state index contributed by atoms with van der Waals surface area (Å²) >= 11 is 0. The van der Waals surface area contributed by atoms with Crippen molar-refractivity contribution in [3.63, 3.8) is 0 Å². The number of carbonyl (C=O) groups excluding carboxylic acids is 2. The molecule has 0 bridgehead atoms. The highest BCUT2D eigenvalue weighted by Gasteiger charge is 2.33. The third kappa shape index (κ3) is 3.17. The van der Waals surface area contributed by atoms with Crippen LogP contribution in [0.4, 0.5) is 0 Å². The summed E-state index contributed by atoms with van der Waals surface area (Å²) in [7, 11) is 1.68. The minimum absolute atomic E-state index is 0.165. The van der Waals surface area contributed by atoms with E-state index in [1.165, 1.54) is 17.0 Å². The smallest absolute Gasteiger partial charge is 0.253 e. The molecule has 2 rings (SSSR count). The Labute approximate surface area is 118 Å². The van der Waals surface area contributed by atoms with Crippen LogP contribution in [0.1, 0.15) is 46.4 Å². The lowest BCUT2D eigenvalue weighted by molar-refractivity contribution is 0.0157. The second kappa shape index (κ2) is 5.63. The van der Waals surface area contributed by atoms with Crippen molar-refractivity contribution in [3.05, 3.63) is 35.4 Å². The van der Waals surface area contributed by atoms with Crippen LogP contribution in [0.2, 0.25) is 0 Å². The van der Waals surface area contributed by atoms with Crippen LogP contribution in [-0.2, 0) is 0 Å². The van der Waals surface area contributed by atoms with Gasteiger partial charge in [0.25, 0.3) is 5.91 Å². The SMILES string of the molecule is CN(CC1(O)CCCC1)C(=O)c1ccc(C(N)=O)cc1. The van der Waals surface area contributed by atoms with Gasteiger partial charge in [-0.05, 0) is 37.1 Å². The Morgan fingerprint density at radius 3 is 2.20 bits per heavy atom. The molecule has 1 aromatic carbocycles. The third-order valence-corrected chi connectivity index (χ3v) is 3.83. The predicted molar refractivity (Wildman–Crippen MR) is 75.3 cm³/mol. The lowest BCUT2D eigenvalue weighted by atomic mass is 10.0. The normalized spacial score (nSPS) is 16.9. The van der Waals surface area contributed by atoms with Gasteiger partial charge in [-0.15, -0.1) is 0 Å². The van der Waals surface area contributed by atoms with Crippen LogP contribution >= 0.6 is 0 Å². The maximum absolute atomic E-state index is 12.3. The molecule has 108 valence electrons. The van der Waals surface area contributed by atoms with Crippen molar-refractivity contribution in [1.29, 1.82) is 0 Å². The van der Waals surface area contributed by atoms with Gasteiger partial charge in [-0.25, -0.2) is 0 Å². The number of hydrogen-bond donors (Lipinski definition) is 2. The summed E-state index contributed by atoms with van der Waals surface area (Å²) in [4.78, 5) is 24.8. The number of likely N-dealkylation sites (N-methyl/N-ethyl adjacent to an activating group) is 1. The maximum atomic E-state index is 12.3. The molecule has 0 radical (unpaired) electrons. The van der Waals surface area contributed by atoms with Gasteiger partial charge in [0.15, 0.2) is 0 Å². The molecule has 3 N–H and O–H groups in total. The standard InChI is InChI=1S/C15H20N2O3/c1-17(10-15(20)8-2-3-9-15)14(19)12-6-4-11(5-7-12)13(16)18/h4-7,20H,2-3,8-10H2,1H3,(H2,16,18). The molecule has 1 saturated carbocycles. The second-order valence-electron chi connectivity index (χ2n) is 5.53. The Hall–Kier alpha value is -1.88. The molecule has 1 fully saturated rings. The van der Waals surface area contributed by atoms with Crippen LogP contribution in [0.15, 0.2) is 24.3 Å². The van der Waals surface area contributed by atoms with Gasteiger partial charge in [-0.1, -0.05) is 12.8 Å². The largest absolute Gasteiger partial charge is 0.388 e. The van der Waals surface area contributed by atoms with Gasteiger partial charge < -0.3 is 15.7 Å². The van der Waals surface area contributed by atoms with Gasteiger partial charge in [-0.3, -0.25) is 9.59 Å². The highest BCUT2D eigenvalue weighted by molar-refractivity contribution is 5.97. The van der Waals surface area contributed by atoms with Crippen molar-refractivity contribution in [2.24, 2.45) is 5.73 Å². The number of nitrogens with zero attached hydrogens (tertiary/aromatic N) is 1. The molecule has 1 aliphatic carbocycles. The summed E-state index contributed by atoms with van der Waals surface area (Å²) in [6.45, 7) is 0.337. The zero-order chi connectivity index (χ0) is 14.8. The monoisotopic (exact) mass is 276 g/mol. The quantitative estimate of drug-likeness (QED) is 0.865. The zero-order valence-corrected chi connectivity index (χ0v) is 11.6. The molecule has 2 amide bonds. The molecule has 20 heavy (non-hydrogen) atoms. The van der Waals surface area contributed by atoms with Crippen LogP contribution in [-0.4, -0.2) is 41.0 Å². The fourth-order valence-corrected chi connectivity index (χ4v) is 2.70. The highest BCUT2D eigenvalue weighted by atomic mass is 16.3. The average Bonchev–Trinajstić information content (AvgIpc) is 2.84. The van der Waals surface area contributed by atoms with Crippen LogP contribution < -0.4 is 5.73 Å². The van der Waals surface area contributed by atoms with Gasteiger partial charge >= 0.3 is 0 Å². The number of hydrogen-bond acceptors (Lipinski definition) is 3. The number of benzene rings is 1. The summed E-state index contributed by atoms with van der Waals surface area (Å²) in [5.41, 5.74) is 5.27. The Bertz CT molecular complexity index is 504. The number of carbonyl (C=O) groups is 2. The second-order valence-corrected chi connectivity index (χ2v) is 5.53. The molecule has 0 aliphatic heterocycles. The Kier molecular flexibility index (Phi) is 4.09. The fraction of sp³-hybridized carbons (Fsp3) is 0.467. The van der Waals surface area contributed by atoms with Crippen molar-refractivity contribution in [2.45, 2.75) is 31.3 Å². The minimum Gasteiger partial charge on any atom is -0.388 e. The molecule has 0 unspecified atom stereocenters. The predicted octanol–water partition coefficient (Wildman–Crippen LogP) is 1.16. The molecule has 1 aromatic rings. The molecule has 5 nitrogen and oxygen atoms in total. The van der Waals surface area contributed by atoms with Gasteiger partial charge in [-0.2, -0.15) is 0 Å². The van der Waals surface area contributed by atoms with E-state index in [9.17, 15) is 14.7 Å². The molecule has 5 heteroatoms. The Morgan fingerprint density at radius 1 is 1.20 bits per heavy atom. The van der Waals surface area contributed by atoms with Gasteiger partial charge in [0.05, 0.1) is 5.60 Å². The first-order valence-electron chi connectivity index (χ1n) is 6.79. The summed E-state index contributed by atoms with van der Waals surface area (Å²) in [5, 5.41) is 10.3. The molecular weight excluding hydrogens is 256 g/mol. The molecule has 0 saturated heterocycles. The number of rotatable bonds is 4. The van der Waals surface area contributed by atoms with E-state index in [4.69, 9.17) is 5.73 Å². The topological polar surface area (TPSA) is 83.6 Å². The van der Waals surface area contributed by atoms with E-state index in [0.29, 0.717) is 17.7 Å². The number of nitrogens with two attached hydrogens (primary N) is 1. The van der Waals surface area contributed by atoms with Crippen LogP contribution in [0.3, 0.4) is 0 Å². The first-order valence-corrected chi connectivity index (χ1v) is 6.79. The van der Waals surface area contributed by atoms with E-state index in [1.807, 2.05) is 0 Å². The Morgan fingerprint density at radius 2 is 1.70 bits per heavy atom. The van der Waals surface area contributed by atoms with E-state index < -0.39 is 11.5 Å². The number of amides is 2. The minimum atomic E-state index is -0.752. The van der Waals surface area contributed by atoms with E-state index in [-0.39, 0.29) is 5.91 Å². The van der Waals surface area contributed by atoms with E-state index >= 15 is 0 Å². The molecule has 0 spiro atoms. The van der Waals surface area contributed by atoms with E-state index in [0.717, 1.165) is 25.7 Å². The summed E-state index contributed by atoms with van der Waals surface area (Å²) in [5.74, 6) is -0.682. The fourth-order valence-electron chi connectivity index (χ4n) is 2.70. The van der Waals surface area contributed by atoms with Crippen molar-refractivity contribution >= 4 is 11.8 Å². The van der Waals surface area contributed by atoms with Gasteiger partial charge in [0.2, 0.25) is 5.91 Å². The zero-order valence-electron chi connectivity index (χ0n) is 11.6. The average molecular weight is 276 g/mol.